The number of esters is 1. The van der Waals surface area contributed by atoms with Crippen molar-refractivity contribution >= 4 is 24.3 Å². The molecule has 0 rings (SSSR count). The van der Waals surface area contributed by atoms with Gasteiger partial charge in [-0.05, 0) is 34.6 Å². The van der Waals surface area contributed by atoms with Crippen LogP contribution < -0.4 is 11.1 Å². The van der Waals surface area contributed by atoms with Gasteiger partial charge in [-0.1, -0.05) is 0 Å². The van der Waals surface area contributed by atoms with Crippen LogP contribution in [0.3, 0.4) is 0 Å². The smallest absolute Gasteiger partial charge is 0.328 e. The van der Waals surface area contributed by atoms with Crippen molar-refractivity contribution in [1.82, 2.24) is 5.32 Å². The zero-order chi connectivity index (χ0) is 12.2. The van der Waals surface area contributed by atoms with E-state index in [-0.39, 0.29) is 18.3 Å². The Morgan fingerprint density at radius 3 is 2.00 bits per heavy atom. The van der Waals surface area contributed by atoms with Crippen LogP contribution in [-0.4, -0.2) is 29.6 Å². The van der Waals surface area contributed by atoms with Gasteiger partial charge in [0.05, 0.1) is 6.04 Å². The molecule has 0 spiro atoms. The van der Waals surface area contributed by atoms with Gasteiger partial charge in [-0.2, -0.15) is 0 Å². The Morgan fingerprint density at radius 1 is 1.25 bits per heavy atom. The lowest BCUT2D eigenvalue weighted by molar-refractivity contribution is -0.158. The predicted molar refractivity (Wildman–Crippen MR) is 64.3 cm³/mol. The zero-order valence-corrected chi connectivity index (χ0v) is 11.2. The number of hydrogen-bond acceptors (Lipinski definition) is 4. The van der Waals surface area contributed by atoms with Gasteiger partial charge in [0, 0.05) is 0 Å². The van der Waals surface area contributed by atoms with Crippen molar-refractivity contribution in [3.63, 3.8) is 0 Å². The molecular weight excluding hydrogens is 232 g/mol. The summed E-state index contributed by atoms with van der Waals surface area (Å²) in [5, 5.41) is 2.46. The van der Waals surface area contributed by atoms with E-state index >= 15 is 0 Å². The lowest BCUT2D eigenvalue weighted by Crippen LogP contribution is -2.47. The maximum atomic E-state index is 11.4. The minimum atomic E-state index is -0.678. The largest absolute Gasteiger partial charge is 0.458 e. The summed E-state index contributed by atoms with van der Waals surface area (Å²) in [5.74, 6) is -0.829. The highest BCUT2D eigenvalue weighted by atomic mass is 35.5. The predicted octanol–water partition coefficient (Wildman–Crippen LogP) is 0.602. The molecule has 0 aliphatic carbocycles. The molecule has 1 unspecified atom stereocenters. The molecule has 96 valence electrons. The maximum absolute atomic E-state index is 11.4. The highest BCUT2D eigenvalue weighted by Gasteiger charge is 2.23. The highest BCUT2D eigenvalue weighted by molar-refractivity contribution is 5.87. The third-order valence-corrected chi connectivity index (χ3v) is 1.53. The van der Waals surface area contributed by atoms with E-state index in [1.54, 1.807) is 34.6 Å². The van der Waals surface area contributed by atoms with E-state index in [9.17, 15) is 9.59 Å². The van der Waals surface area contributed by atoms with Gasteiger partial charge in [0.1, 0.15) is 11.6 Å². The normalized spacial score (nSPS) is 14.4. The van der Waals surface area contributed by atoms with Gasteiger partial charge in [0.2, 0.25) is 5.91 Å². The average molecular weight is 253 g/mol. The van der Waals surface area contributed by atoms with Gasteiger partial charge in [0.15, 0.2) is 0 Å². The highest BCUT2D eigenvalue weighted by Crippen LogP contribution is 2.08. The number of carbonyl (C=O) groups excluding carboxylic acids is 2. The van der Waals surface area contributed by atoms with E-state index in [2.05, 4.69) is 5.32 Å². The molecule has 0 aromatic rings. The van der Waals surface area contributed by atoms with Crippen molar-refractivity contribution in [1.29, 1.82) is 0 Å². The van der Waals surface area contributed by atoms with Crippen LogP contribution in [0.2, 0.25) is 0 Å². The second-order valence-corrected chi connectivity index (χ2v) is 4.55. The first-order valence-corrected chi connectivity index (χ1v) is 4.92. The Bertz CT molecular complexity index is 249. The fourth-order valence-corrected chi connectivity index (χ4v) is 0.794. The van der Waals surface area contributed by atoms with Crippen LogP contribution in [0.15, 0.2) is 0 Å². The number of ether oxygens (including phenoxy) is 1. The molecule has 0 aliphatic rings. The first-order valence-electron chi connectivity index (χ1n) is 4.92. The lowest BCUT2D eigenvalue weighted by Gasteiger charge is -2.23. The summed E-state index contributed by atoms with van der Waals surface area (Å²) in [6.07, 6.45) is 0. The molecule has 0 heterocycles. The molecule has 6 heteroatoms. The van der Waals surface area contributed by atoms with Crippen molar-refractivity contribution < 1.29 is 14.3 Å². The first kappa shape index (κ1) is 17.6. The summed E-state index contributed by atoms with van der Waals surface area (Å²) in [6, 6.07) is -1.31. The first-order chi connectivity index (χ1) is 6.63. The number of nitrogens with two attached hydrogens (primary N) is 1. The molecule has 2 atom stereocenters. The second kappa shape index (κ2) is 6.70. The molecule has 0 aromatic carbocycles. The fourth-order valence-electron chi connectivity index (χ4n) is 0.794. The van der Waals surface area contributed by atoms with Crippen molar-refractivity contribution in [3.8, 4) is 0 Å². The minimum absolute atomic E-state index is 0. The van der Waals surface area contributed by atoms with Gasteiger partial charge in [-0.25, -0.2) is 4.79 Å². The topological polar surface area (TPSA) is 81.4 Å². The minimum Gasteiger partial charge on any atom is -0.458 e. The van der Waals surface area contributed by atoms with Crippen LogP contribution in [0.25, 0.3) is 0 Å². The molecule has 0 radical (unpaired) electrons. The molecular formula is C10H21ClN2O3. The third-order valence-electron chi connectivity index (χ3n) is 1.53. The average Bonchev–Trinajstić information content (AvgIpc) is 2.00. The molecule has 0 aromatic heterocycles. The van der Waals surface area contributed by atoms with Gasteiger partial charge in [-0.3, -0.25) is 4.79 Å². The van der Waals surface area contributed by atoms with Crippen LogP contribution in [0.4, 0.5) is 0 Å². The van der Waals surface area contributed by atoms with E-state index in [0.717, 1.165) is 0 Å². The van der Waals surface area contributed by atoms with E-state index in [0.29, 0.717) is 0 Å². The van der Waals surface area contributed by atoms with E-state index in [1.807, 2.05) is 0 Å². The number of halogens is 1. The van der Waals surface area contributed by atoms with E-state index < -0.39 is 23.7 Å². The number of hydrogen-bond donors (Lipinski definition) is 2. The molecule has 0 aliphatic heterocycles. The van der Waals surface area contributed by atoms with Crippen molar-refractivity contribution in [2.75, 3.05) is 0 Å². The van der Waals surface area contributed by atoms with Crippen LogP contribution in [0.1, 0.15) is 34.6 Å². The number of amides is 1. The summed E-state index contributed by atoms with van der Waals surface area (Å²) >= 11 is 0. The van der Waals surface area contributed by atoms with Crippen LogP contribution in [-0.2, 0) is 14.3 Å². The van der Waals surface area contributed by atoms with Crippen molar-refractivity contribution in [2.24, 2.45) is 5.73 Å². The van der Waals surface area contributed by atoms with Gasteiger partial charge in [-0.15, -0.1) is 12.4 Å². The lowest BCUT2D eigenvalue weighted by atomic mass is 10.2. The third kappa shape index (κ3) is 7.48. The monoisotopic (exact) mass is 252 g/mol. The Hall–Kier alpha value is -0.810. The Balaban J connectivity index is 0. The molecule has 0 saturated heterocycles. The Morgan fingerprint density at radius 2 is 1.69 bits per heavy atom. The molecule has 3 N–H and O–H groups in total. The summed E-state index contributed by atoms with van der Waals surface area (Å²) in [6.45, 7) is 8.42. The molecule has 0 bridgehead atoms. The van der Waals surface area contributed by atoms with Gasteiger partial charge < -0.3 is 15.8 Å². The summed E-state index contributed by atoms with van der Waals surface area (Å²) in [5.41, 5.74) is 4.80. The summed E-state index contributed by atoms with van der Waals surface area (Å²) < 4.78 is 5.09. The summed E-state index contributed by atoms with van der Waals surface area (Å²) in [4.78, 5) is 22.6. The van der Waals surface area contributed by atoms with Crippen molar-refractivity contribution in [3.05, 3.63) is 0 Å². The Labute approximate surface area is 103 Å². The fraction of sp³-hybridized carbons (Fsp3) is 0.800. The van der Waals surface area contributed by atoms with Crippen molar-refractivity contribution in [2.45, 2.75) is 52.3 Å². The van der Waals surface area contributed by atoms with Crippen LogP contribution in [0, 0.1) is 0 Å². The number of rotatable bonds is 3. The second-order valence-electron chi connectivity index (χ2n) is 4.55. The zero-order valence-electron chi connectivity index (χ0n) is 10.4. The maximum Gasteiger partial charge on any atom is 0.328 e. The SMILES string of the molecule is CC(NC(=O)[C@H](C)N)C(=O)OC(C)(C)C.Cl. The van der Waals surface area contributed by atoms with E-state index in [4.69, 9.17) is 10.5 Å². The van der Waals surface area contributed by atoms with E-state index in [1.165, 1.54) is 0 Å². The Kier molecular flexibility index (Phi) is 7.37. The number of carbonyl (C=O) groups is 2. The van der Waals surface area contributed by atoms with Gasteiger partial charge >= 0.3 is 5.97 Å². The quantitative estimate of drug-likeness (QED) is 0.721. The molecule has 0 saturated carbocycles. The standard InChI is InChI=1S/C10H20N2O3.ClH/c1-6(11)8(13)12-7(2)9(14)15-10(3,4)5;/h6-7H,11H2,1-5H3,(H,12,13);1H/t6-,7?;/m0./s1. The number of nitrogens with one attached hydrogen (secondary N) is 1. The molecule has 0 fully saturated rings. The van der Waals surface area contributed by atoms with Crippen LogP contribution >= 0.6 is 12.4 Å². The van der Waals surface area contributed by atoms with Crippen LogP contribution in [0.5, 0.6) is 0 Å². The van der Waals surface area contributed by atoms with Gasteiger partial charge in [0.25, 0.3) is 0 Å². The molecule has 5 nitrogen and oxygen atoms in total. The summed E-state index contributed by atoms with van der Waals surface area (Å²) in [7, 11) is 0. The molecule has 16 heavy (non-hydrogen) atoms. The molecule has 1 amide bonds.